The minimum atomic E-state index is -0.269. The lowest BCUT2D eigenvalue weighted by Crippen LogP contribution is -2.54. The molecule has 0 saturated carbocycles. The van der Waals surface area contributed by atoms with Crippen molar-refractivity contribution in [3.63, 3.8) is 0 Å². The number of ether oxygens (including phenoxy) is 1. The molecule has 2 fully saturated rings. The summed E-state index contributed by atoms with van der Waals surface area (Å²) in [5, 5.41) is 2.62. The maximum Gasteiger partial charge on any atom is 0.332 e. The zero-order chi connectivity index (χ0) is 28.2. The molecule has 3 amide bonds. The Morgan fingerprint density at radius 1 is 0.854 bits per heavy atom. The molecule has 3 aliphatic heterocycles. The van der Waals surface area contributed by atoms with Crippen LogP contribution in [0.5, 0.6) is 5.88 Å². The van der Waals surface area contributed by atoms with Gasteiger partial charge >= 0.3 is 6.03 Å². The Hall–Kier alpha value is -3.69. The fraction of sp³-hybridized carbons (Fsp3) is 0.469. The van der Waals surface area contributed by atoms with Crippen molar-refractivity contribution in [2.24, 2.45) is 0 Å². The quantitative estimate of drug-likeness (QED) is 0.409. The van der Waals surface area contributed by atoms with Gasteiger partial charge in [-0.3, -0.25) is 9.69 Å². The minimum absolute atomic E-state index is 0.188. The molecule has 41 heavy (non-hydrogen) atoms. The summed E-state index contributed by atoms with van der Waals surface area (Å²) < 4.78 is 5.99. The van der Waals surface area contributed by atoms with Gasteiger partial charge in [0.15, 0.2) is 5.82 Å². The molecular weight excluding hydrogens is 516 g/mol. The zero-order valence-electron chi connectivity index (χ0n) is 24.0. The SMILES string of the molecule is CN1CCN(C(=O)N2C(=O)CCc3ccc(OCCCCN4CCN(c5cccc6ccccc56)CC4)nc32)CC1. The number of aryl methyl sites for hydroxylation is 1. The third-order valence-corrected chi connectivity index (χ3v) is 8.56. The third-order valence-electron chi connectivity index (χ3n) is 8.56. The number of carbonyl (C=O) groups excluding carboxylic acids is 2. The van der Waals surface area contributed by atoms with Crippen molar-refractivity contribution in [1.29, 1.82) is 0 Å². The Labute approximate surface area is 242 Å². The molecule has 3 aliphatic rings. The Balaban J connectivity index is 0.973. The Morgan fingerprint density at radius 2 is 1.63 bits per heavy atom. The molecule has 2 saturated heterocycles. The molecule has 0 spiro atoms. The van der Waals surface area contributed by atoms with E-state index in [1.807, 2.05) is 19.2 Å². The van der Waals surface area contributed by atoms with E-state index in [1.54, 1.807) is 4.90 Å². The standard InChI is InChI=1S/C32H40N6O3/c1-34-16-20-37(21-17-34)32(40)38-30(39)14-12-26-11-13-29(33-31(26)38)41-24-5-4-15-35-18-22-36(23-19-35)28-10-6-8-25-7-2-3-9-27(25)28/h2-3,6-11,13H,4-5,12,14-24H2,1H3. The van der Waals surface area contributed by atoms with Crippen molar-refractivity contribution in [2.45, 2.75) is 25.7 Å². The van der Waals surface area contributed by atoms with Crippen molar-refractivity contribution in [3.8, 4) is 5.88 Å². The van der Waals surface area contributed by atoms with Crippen molar-refractivity contribution in [3.05, 3.63) is 60.2 Å². The fourth-order valence-electron chi connectivity index (χ4n) is 6.05. The summed E-state index contributed by atoms with van der Waals surface area (Å²) >= 11 is 0. The van der Waals surface area contributed by atoms with Gasteiger partial charge in [-0.15, -0.1) is 0 Å². The first kappa shape index (κ1) is 27.5. The number of aromatic nitrogens is 1. The molecule has 1 aromatic heterocycles. The number of imide groups is 1. The van der Waals surface area contributed by atoms with Crippen LogP contribution in [0.2, 0.25) is 0 Å². The van der Waals surface area contributed by atoms with E-state index in [0.29, 0.717) is 44.2 Å². The molecule has 4 heterocycles. The van der Waals surface area contributed by atoms with Crippen LogP contribution in [-0.4, -0.2) is 104 Å². The Kier molecular flexibility index (Phi) is 8.34. The van der Waals surface area contributed by atoms with Crippen molar-refractivity contribution in [1.82, 2.24) is 19.7 Å². The van der Waals surface area contributed by atoms with Crippen LogP contribution in [0.1, 0.15) is 24.8 Å². The molecule has 9 nitrogen and oxygen atoms in total. The highest BCUT2D eigenvalue weighted by Crippen LogP contribution is 2.30. The number of piperazine rings is 2. The first-order chi connectivity index (χ1) is 20.1. The van der Waals surface area contributed by atoms with Crippen molar-refractivity contribution >= 4 is 34.2 Å². The van der Waals surface area contributed by atoms with Crippen LogP contribution >= 0.6 is 0 Å². The number of rotatable bonds is 7. The second-order valence-electron chi connectivity index (χ2n) is 11.3. The van der Waals surface area contributed by atoms with Gasteiger partial charge in [0.1, 0.15) is 0 Å². The number of amides is 3. The van der Waals surface area contributed by atoms with E-state index in [1.165, 1.54) is 21.4 Å². The normalized spacial score (nSPS) is 18.6. The van der Waals surface area contributed by atoms with Gasteiger partial charge in [0.25, 0.3) is 0 Å². The summed E-state index contributed by atoms with van der Waals surface area (Å²) in [6.07, 6.45) is 2.89. The number of benzene rings is 2. The van der Waals surface area contributed by atoms with E-state index in [4.69, 9.17) is 4.74 Å². The number of unbranched alkanes of at least 4 members (excludes halogenated alkanes) is 1. The smallest absolute Gasteiger partial charge is 0.332 e. The topological polar surface area (TPSA) is 72.5 Å². The van der Waals surface area contributed by atoms with Gasteiger partial charge in [0.05, 0.1) is 6.61 Å². The van der Waals surface area contributed by atoms with Gasteiger partial charge in [0.2, 0.25) is 11.8 Å². The lowest BCUT2D eigenvalue weighted by molar-refractivity contribution is -0.118. The first-order valence-corrected chi connectivity index (χ1v) is 14.9. The second-order valence-corrected chi connectivity index (χ2v) is 11.3. The van der Waals surface area contributed by atoms with Crippen LogP contribution in [0, 0.1) is 0 Å². The van der Waals surface area contributed by atoms with E-state index >= 15 is 0 Å². The average Bonchev–Trinajstić information content (AvgIpc) is 3.01. The molecule has 3 aromatic rings. The minimum Gasteiger partial charge on any atom is -0.478 e. The van der Waals surface area contributed by atoms with E-state index < -0.39 is 0 Å². The third kappa shape index (κ3) is 6.16. The molecule has 6 rings (SSSR count). The largest absolute Gasteiger partial charge is 0.478 e. The molecule has 9 heteroatoms. The summed E-state index contributed by atoms with van der Waals surface area (Å²) in [5.74, 6) is 0.719. The molecule has 0 radical (unpaired) electrons. The first-order valence-electron chi connectivity index (χ1n) is 14.9. The zero-order valence-corrected chi connectivity index (χ0v) is 24.0. The number of hydrogen-bond donors (Lipinski definition) is 0. The van der Waals surface area contributed by atoms with Gasteiger partial charge < -0.3 is 19.4 Å². The highest BCUT2D eigenvalue weighted by molar-refractivity contribution is 6.15. The van der Waals surface area contributed by atoms with Crippen molar-refractivity contribution < 1.29 is 14.3 Å². The van der Waals surface area contributed by atoms with Crippen LogP contribution in [-0.2, 0) is 11.2 Å². The summed E-state index contributed by atoms with van der Waals surface area (Å²) in [4.78, 5) is 41.0. The van der Waals surface area contributed by atoms with Gasteiger partial charge in [-0.25, -0.2) is 9.69 Å². The van der Waals surface area contributed by atoms with Gasteiger partial charge in [-0.1, -0.05) is 36.4 Å². The van der Waals surface area contributed by atoms with Crippen LogP contribution < -0.4 is 14.5 Å². The van der Waals surface area contributed by atoms with E-state index in [-0.39, 0.29) is 11.9 Å². The number of anilines is 2. The summed E-state index contributed by atoms with van der Waals surface area (Å²) in [6, 6.07) is 18.7. The van der Waals surface area contributed by atoms with Gasteiger partial charge in [0, 0.05) is 75.9 Å². The molecule has 0 aliphatic carbocycles. The number of nitrogens with zero attached hydrogens (tertiary/aromatic N) is 6. The number of carbonyl (C=O) groups is 2. The second kappa shape index (κ2) is 12.4. The average molecular weight is 557 g/mol. The molecule has 0 unspecified atom stereocenters. The highest BCUT2D eigenvalue weighted by Gasteiger charge is 2.35. The van der Waals surface area contributed by atoms with Crippen LogP contribution in [0.4, 0.5) is 16.3 Å². The summed E-state index contributed by atoms with van der Waals surface area (Å²) in [7, 11) is 2.04. The predicted molar refractivity (Wildman–Crippen MR) is 162 cm³/mol. The van der Waals surface area contributed by atoms with E-state index in [9.17, 15) is 9.59 Å². The summed E-state index contributed by atoms with van der Waals surface area (Å²) in [5.41, 5.74) is 2.25. The number of likely N-dealkylation sites (N-methyl/N-ethyl adjacent to an activating group) is 1. The Bertz CT molecular complexity index is 1380. The number of pyridine rings is 1. The lowest BCUT2D eigenvalue weighted by atomic mass is 10.1. The molecular formula is C32H40N6O3. The maximum atomic E-state index is 13.3. The van der Waals surface area contributed by atoms with E-state index in [0.717, 1.165) is 64.2 Å². The molecule has 216 valence electrons. The van der Waals surface area contributed by atoms with Crippen molar-refractivity contribution in [2.75, 3.05) is 82.4 Å². The van der Waals surface area contributed by atoms with Crippen LogP contribution in [0.15, 0.2) is 54.6 Å². The monoisotopic (exact) mass is 556 g/mol. The number of hydrogen-bond acceptors (Lipinski definition) is 7. The lowest BCUT2D eigenvalue weighted by Gasteiger charge is -2.36. The molecule has 0 N–H and O–H groups in total. The van der Waals surface area contributed by atoms with E-state index in [2.05, 4.69) is 62.1 Å². The number of urea groups is 1. The van der Waals surface area contributed by atoms with Crippen LogP contribution in [0.25, 0.3) is 10.8 Å². The van der Waals surface area contributed by atoms with Gasteiger partial charge in [-0.2, -0.15) is 4.98 Å². The van der Waals surface area contributed by atoms with Crippen LogP contribution in [0.3, 0.4) is 0 Å². The molecule has 0 atom stereocenters. The Morgan fingerprint density at radius 3 is 2.46 bits per heavy atom. The fourth-order valence-corrected chi connectivity index (χ4v) is 6.05. The van der Waals surface area contributed by atoms with Gasteiger partial charge in [-0.05, 0) is 55.9 Å². The predicted octanol–water partition coefficient (Wildman–Crippen LogP) is 3.86. The molecule has 0 bridgehead atoms. The maximum absolute atomic E-state index is 13.3. The highest BCUT2D eigenvalue weighted by atomic mass is 16.5. The molecule has 2 aromatic carbocycles. The summed E-state index contributed by atoms with van der Waals surface area (Å²) in [6.45, 7) is 8.62. The number of fused-ring (bicyclic) bond motifs is 2.